The Labute approximate surface area is 450 Å². The Kier molecular flexibility index (Phi) is 16.2. The molecule has 1 unspecified atom stereocenters. The molecule has 0 aliphatic carbocycles. The smallest absolute Gasteiger partial charge is 0.345 e. The lowest BCUT2D eigenvalue weighted by atomic mass is 9.96. The lowest BCUT2D eigenvalue weighted by molar-refractivity contribution is -0.145. The van der Waals surface area contributed by atoms with E-state index in [-0.39, 0.29) is 41.3 Å². The van der Waals surface area contributed by atoms with Gasteiger partial charge in [0.15, 0.2) is 5.82 Å². The van der Waals surface area contributed by atoms with Crippen molar-refractivity contribution in [1.29, 1.82) is 0 Å². The summed E-state index contributed by atoms with van der Waals surface area (Å²) in [6, 6.07) is 44.5. The van der Waals surface area contributed by atoms with Gasteiger partial charge in [-0.05, 0) is 105 Å². The fourth-order valence-electron chi connectivity index (χ4n) is 9.59. The lowest BCUT2D eigenvalue weighted by Gasteiger charge is -2.43. The zero-order valence-electron chi connectivity index (χ0n) is 42.5. The largest absolute Gasteiger partial charge is 0.506 e. The number of halogens is 2. The summed E-state index contributed by atoms with van der Waals surface area (Å²) in [4.78, 5) is 33.0. The van der Waals surface area contributed by atoms with Gasteiger partial charge in [-0.25, -0.2) is 29.1 Å². The Morgan fingerprint density at radius 3 is 2.21 bits per heavy atom. The van der Waals surface area contributed by atoms with Gasteiger partial charge in [0.2, 0.25) is 12.0 Å². The summed E-state index contributed by atoms with van der Waals surface area (Å²) in [6.45, 7) is 8.46. The molecule has 12 nitrogen and oxygen atoms in total. The molecule has 3 heterocycles. The standard InChI is InChI=1S/C60H56ClFN4O8SSi/c1-37-46(27-28-48(68)54(37)61)52-53-57(64-36-65-58(53)75-55(52)39-22-24-41(62)25-23-39)74-51(59(69)70)33-40-32-38(21-29-49(40)72-34-42-30-31-63-56(66-42)47-18-12-13-19-50(47)71-5)20-26-43(67)35-73-76(60(2,3)4,44-14-8-6-9-15-44)45-16-10-7-11-17-45/h6-19,21-25,27-32,36,43,51,67-68H,20,26,33-35H2,1-5H3,(H,69,70)/t43-,51?/m1/s1. The second-order valence-corrected chi connectivity index (χ2v) is 25.0. The number of para-hydroxylation sites is 1. The molecule has 0 spiro atoms. The van der Waals surface area contributed by atoms with Crippen molar-refractivity contribution >= 4 is 57.8 Å². The van der Waals surface area contributed by atoms with Gasteiger partial charge in [-0.3, -0.25) is 0 Å². The number of carboxylic acid groups (broad SMARTS) is 1. The van der Waals surface area contributed by atoms with Crippen molar-refractivity contribution in [1.82, 2.24) is 19.9 Å². The predicted octanol–water partition coefficient (Wildman–Crippen LogP) is 11.8. The van der Waals surface area contributed by atoms with E-state index in [1.54, 1.807) is 50.6 Å². The van der Waals surface area contributed by atoms with Crippen molar-refractivity contribution in [2.45, 2.75) is 70.8 Å². The summed E-state index contributed by atoms with van der Waals surface area (Å²) in [5.74, 6) is -0.349. The number of methoxy groups -OCH3 is 1. The van der Waals surface area contributed by atoms with Gasteiger partial charge in [0.25, 0.3) is 8.32 Å². The first-order chi connectivity index (χ1) is 36.6. The maximum absolute atomic E-state index is 14.3. The Bertz CT molecular complexity index is 3450. The van der Waals surface area contributed by atoms with E-state index in [4.69, 9.17) is 35.2 Å². The van der Waals surface area contributed by atoms with Crippen LogP contribution in [-0.4, -0.2) is 75.5 Å². The van der Waals surface area contributed by atoms with Crippen LogP contribution in [0.25, 0.3) is 43.2 Å². The molecular formula is C60H56ClFN4O8SSi. The van der Waals surface area contributed by atoms with Crippen molar-refractivity contribution in [2.24, 2.45) is 0 Å². The molecule has 0 bridgehead atoms. The van der Waals surface area contributed by atoms with Gasteiger partial charge in [-0.15, -0.1) is 11.3 Å². The normalized spacial score (nSPS) is 12.6. The highest BCUT2D eigenvalue weighted by molar-refractivity contribution is 7.22. The molecule has 9 rings (SSSR count). The molecule has 9 aromatic rings. The van der Waals surface area contributed by atoms with E-state index in [0.29, 0.717) is 84.3 Å². The van der Waals surface area contributed by atoms with Crippen LogP contribution in [0.1, 0.15) is 49.6 Å². The minimum Gasteiger partial charge on any atom is -0.506 e. The monoisotopic (exact) mass is 1070 g/mol. The van der Waals surface area contributed by atoms with Crippen molar-refractivity contribution in [3.63, 3.8) is 0 Å². The van der Waals surface area contributed by atoms with Crippen LogP contribution in [0.5, 0.6) is 23.1 Å². The molecule has 2 atom stereocenters. The number of aromatic nitrogens is 4. The van der Waals surface area contributed by atoms with Crippen LogP contribution in [0.2, 0.25) is 10.1 Å². The number of rotatable bonds is 20. The molecule has 0 saturated heterocycles. The quantitative estimate of drug-likeness (QED) is 0.0619. The highest BCUT2D eigenvalue weighted by atomic mass is 35.5. The molecule has 76 heavy (non-hydrogen) atoms. The number of carbonyl (C=O) groups is 1. The number of aromatic hydroxyl groups is 1. The van der Waals surface area contributed by atoms with E-state index in [2.05, 4.69) is 60.0 Å². The summed E-state index contributed by atoms with van der Waals surface area (Å²) >= 11 is 7.92. The predicted molar refractivity (Wildman–Crippen MR) is 298 cm³/mol. The van der Waals surface area contributed by atoms with Crippen LogP contribution >= 0.6 is 22.9 Å². The van der Waals surface area contributed by atoms with Gasteiger partial charge >= 0.3 is 5.97 Å². The van der Waals surface area contributed by atoms with Crippen LogP contribution < -0.4 is 24.6 Å². The summed E-state index contributed by atoms with van der Waals surface area (Å²) < 4.78 is 39.9. The molecule has 0 aliphatic rings. The summed E-state index contributed by atoms with van der Waals surface area (Å²) in [7, 11) is -1.34. The van der Waals surface area contributed by atoms with Gasteiger partial charge in [0.1, 0.15) is 40.8 Å². The number of hydrogen-bond donors (Lipinski definition) is 3. The number of aryl methyl sites for hydroxylation is 1. The molecule has 0 radical (unpaired) electrons. The third-order valence-corrected chi connectivity index (χ3v) is 20.0. The maximum Gasteiger partial charge on any atom is 0.345 e. The van der Waals surface area contributed by atoms with Gasteiger partial charge < -0.3 is 34.0 Å². The van der Waals surface area contributed by atoms with Gasteiger partial charge in [-0.1, -0.05) is 136 Å². The molecule has 16 heteroatoms. The zero-order chi connectivity index (χ0) is 53.6. The van der Waals surface area contributed by atoms with E-state index in [9.17, 15) is 24.5 Å². The molecule has 0 saturated carbocycles. The number of aliphatic hydroxyl groups is 1. The van der Waals surface area contributed by atoms with Crippen LogP contribution in [0.15, 0.2) is 158 Å². The molecule has 0 amide bonds. The van der Waals surface area contributed by atoms with Crippen molar-refractivity contribution in [2.75, 3.05) is 13.7 Å². The van der Waals surface area contributed by atoms with E-state index in [1.165, 1.54) is 35.9 Å². The second-order valence-electron chi connectivity index (χ2n) is 19.4. The molecular weight excluding hydrogens is 1020 g/mol. The zero-order valence-corrected chi connectivity index (χ0v) is 45.1. The third-order valence-electron chi connectivity index (χ3n) is 13.4. The van der Waals surface area contributed by atoms with E-state index in [1.807, 2.05) is 72.8 Å². The van der Waals surface area contributed by atoms with E-state index in [0.717, 1.165) is 15.9 Å². The first-order valence-corrected chi connectivity index (χ1v) is 27.8. The van der Waals surface area contributed by atoms with Gasteiger partial charge in [0, 0.05) is 23.1 Å². The average molecular weight is 1080 g/mol. The highest BCUT2D eigenvalue weighted by Gasteiger charge is 2.50. The van der Waals surface area contributed by atoms with Crippen LogP contribution in [0.4, 0.5) is 4.39 Å². The summed E-state index contributed by atoms with van der Waals surface area (Å²) in [6.07, 6.45) is 1.21. The lowest BCUT2D eigenvalue weighted by Crippen LogP contribution is -2.67. The number of phenolic OH excluding ortho intramolecular Hbond substituents is 1. The Morgan fingerprint density at radius 2 is 1.53 bits per heavy atom. The number of nitrogens with zero attached hydrogens (tertiary/aromatic N) is 4. The number of aliphatic carboxylic acids is 1. The third kappa shape index (κ3) is 11.3. The molecule has 6 aromatic carbocycles. The van der Waals surface area contributed by atoms with Gasteiger partial charge in [-0.2, -0.15) is 0 Å². The summed E-state index contributed by atoms with van der Waals surface area (Å²) in [5.41, 5.74) is 5.02. The number of ether oxygens (including phenoxy) is 3. The minimum atomic E-state index is -2.93. The average Bonchev–Trinajstić information content (AvgIpc) is 3.89. The number of fused-ring (bicyclic) bond motifs is 1. The number of aliphatic hydroxyl groups excluding tert-OH is 1. The number of phenols is 1. The molecule has 3 aromatic heterocycles. The van der Waals surface area contributed by atoms with Gasteiger partial charge in [0.05, 0.1) is 41.5 Å². The number of benzene rings is 6. The highest BCUT2D eigenvalue weighted by Crippen LogP contribution is 2.49. The molecule has 3 N–H and O–H groups in total. The first kappa shape index (κ1) is 53.3. The molecule has 0 fully saturated rings. The van der Waals surface area contributed by atoms with Crippen LogP contribution in [-0.2, 0) is 28.7 Å². The Balaban J connectivity index is 1.04. The Hall–Kier alpha value is -7.53. The van der Waals surface area contributed by atoms with Crippen LogP contribution in [0.3, 0.4) is 0 Å². The van der Waals surface area contributed by atoms with E-state index >= 15 is 0 Å². The fourth-order valence-corrected chi connectivity index (χ4v) is 15.5. The van der Waals surface area contributed by atoms with Crippen LogP contribution in [0, 0.1) is 12.7 Å². The molecule has 0 aliphatic heterocycles. The molecule has 388 valence electrons. The number of carboxylic acids is 1. The number of thiophene rings is 1. The maximum atomic E-state index is 14.3. The topological polar surface area (TPSA) is 166 Å². The van der Waals surface area contributed by atoms with Crippen molar-refractivity contribution < 1.29 is 43.1 Å². The SMILES string of the molecule is COc1ccccc1-c1nccc(COc2ccc(CC[C@@H](O)CO[Si](c3ccccc3)(c3ccccc3)C(C)(C)C)cc2CC(Oc2ncnc3sc(-c4ccc(F)cc4)c(-c4ccc(O)c(Cl)c4C)c23)C(=O)O)n1. The Morgan fingerprint density at radius 1 is 0.829 bits per heavy atom. The van der Waals surface area contributed by atoms with Crippen molar-refractivity contribution in [3.05, 3.63) is 191 Å². The van der Waals surface area contributed by atoms with E-state index < -0.39 is 32.3 Å². The second kappa shape index (κ2) is 23.2. The first-order valence-electron chi connectivity index (χ1n) is 24.7. The minimum absolute atomic E-state index is 0.00639. The summed E-state index contributed by atoms with van der Waals surface area (Å²) in [5, 5.41) is 35.7. The van der Waals surface area contributed by atoms with Crippen molar-refractivity contribution in [3.8, 4) is 56.1 Å². The fraction of sp³-hybridized carbons (Fsp3) is 0.217. The number of hydrogen-bond acceptors (Lipinski definition) is 12.